The predicted octanol–water partition coefficient (Wildman–Crippen LogP) is 4.40. The molecule has 1 aromatic carbocycles. The molecule has 0 N–H and O–H groups in total. The van der Waals surface area contributed by atoms with Gasteiger partial charge in [-0.05, 0) is 30.0 Å². The van der Waals surface area contributed by atoms with E-state index in [1.165, 1.54) is 17.1 Å². The molecule has 0 saturated carbocycles. The number of para-hydroxylation sites is 1. The average Bonchev–Trinajstić information content (AvgIpc) is 2.92. The SMILES string of the molecule is CC1=CC(C)(C)C[S+](Cc2cn(-c3ccccc3)nn2)CC1(C)C. The lowest BCUT2D eigenvalue weighted by Crippen LogP contribution is -2.29. The monoisotopic (exact) mass is 342 g/mol. The summed E-state index contributed by atoms with van der Waals surface area (Å²) in [5.41, 5.74) is 4.23. The Morgan fingerprint density at radius 2 is 1.79 bits per heavy atom. The molecule has 2 aromatic rings. The first-order valence-corrected chi connectivity index (χ1v) is 10.3. The molecular formula is C20H28N3S+. The zero-order valence-electron chi connectivity index (χ0n) is 15.4. The van der Waals surface area contributed by atoms with Crippen LogP contribution in [0, 0.1) is 10.8 Å². The van der Waals surface area contributed by atoms with Crippen molar-refractivity contribution in [3.8, 4) is 5.69 Å². The van der Waals surface area contributed by atoms with Crippen molar-refractivity contribution in [3.63, 3.8) is 0 Å². The molecule has 1 aliphatic heterocycles. The number of hydrogen-bond donors (Lipinski definition) is 0. The van der Waals surface area contributed by atoms with Crippen LogP contribution in [0.25, 0.3) is 5.69 Å². The Morgan fingerprint density at radius 3 is 2.50 bits per heavy atom. The van der Waals surface area contributed by atoms with Crippen molar-refractivity contribution in [2.75, 3.05) is 11.5 Å². The van der Waals surface area contributed by atoms with Gasteiger partial charge < -0.3 is 0 Å². The molecule has 0 radical (unpaired) electrons. The summed E-state index contributed by atoms with van der Waals surface area (Å²) in [7, 11) is 0.316. The lowest BCUT2D eigenvalue weighted by atomic mass is 9.82. The van der Waals surface area contributed by atoms with Gasteiger partial charge in [-0.25, -0.2) is 4.68 Å². The molecule has 128 valence electrons. The minimum atomic E-state index is 0.260. The van der Waals surface area contributed by atoms with Crippen LogP contribution >= 0.6 is 0 Å². The van der Waals surface area contributed by atoms with E-state index in [4.69, 9.17) is 0 Å². The van der Waals surface area contributed by atoms with Crippen LogP contribution in [0.15, 0.2) is 48.2 Å². The third-order valence-electron chi connectivity index (χ3n) is 4.73. The second-order valence-electron chi connectivity index (χ2n) is 8.24. The van der Waals surface area contributed by atoms with Crippen LogP contribution in [0.4, 0.5) is 0 Å². The van der Waals surface area contributed by atoms with E-state index in [-0.39, 0.29) is 10.8 Å². The number of allylic oxidation sites excluding steroid dienone is 2. The quantitative estimate of drug-likeness (QED) is 0.611. The van der Waals surface area contributed by atoms with Gasteiger partial charge in [-0.2, -0.15) is 0 Å². The molecule has 1 aliphatic rings. The fraction of sp³-hybridized carbons (Fsp3) is 0.500. The molecule has 0 saturated heterocycles. The molecule has 1 unspecified atom stereocenters. The lowest BCUT2D eigenvalue weighted by molar-refractivity contribution is 0.497. The van der Waals surface area contributed by atoms with E-state index < -0.39 is 0 Å². The molecule has 0 aliphatic carbocycles. The largest absolute Gasteiger partial charge is 0.220 e. The second kappa shape index (κ2) is 6.40. The van der Waals surface area contributed by atoms with Gasteiger partial charge in [-0.15, -0.1) is 5.10 Å². The second-order valence-corrected chi connectivity index (χ2v) is 10.3. The van der Waals surface area contributed by atoms with Crippen molar-refractivity contribution in [1.82, 2.24) is 15.0 Å². The van der Waals surface area contributed by atoms with Crippen LogP contribution in [0.5, 0.6) is 0 Å². The van der Waals surface area contributed by atoms with Crippen LogP contribution in [-0.4, -0.2) is 26.5 Å². The molecule has 1 aromatic heterocycles. The summed E-state index contributed by atoms with van der Waals surface area (Å²) in [5.74, 6) is 3.49. The van der Waals surface area contributed by atoms with E-state index in [9.17, 15) is 0 Å². The Morgan fingerprint density at radius 1 is 1.08 bits per heavy atom. The highest BCUT2D eigenvalue weighted by Crippen LogP contribution is 2.38. The first-order chi connectivity index (χ1) is 11.3. The Bertz CT molecular complexity index is 728. The van der Waals surface area contributed by atoms with E-state index in [0.717, 1.165) is 17.1 Å². The summed E-state index contributed by atoms with van der Waals surface area (Å²) in [5, 5.41) is 8.76. The van der Waals surface area contributed by atoms with Crippen molar-refractivity contribution >= 4 is 10.9 Å². The first-order valence-electron chi connectivity index (χ1n) is 8.56. The molecule has 0 spiro atoms. The fourth-order valence-corrected chi connectivity index (χ4v) is 6.65. The number of benzene rings is 1. The maximum atomic E-state index is 4.43. The van der Waals surface area contributed by atoms with Crippen molar-refractivity contribution in [2.24, 2.45) is 10.8 Å². The standard InChI is InChI=1S/C20H28N3S/c1-16-11-19(2,3)14-24(15-20(16,4)5)13-17-12-23(22-21-17)18-9-7-6-8-10-18/h6-12H,13-15H2,1-5H3/q+1. The molecule has 24 heavy (non-hydrogen) atoms. The summed E-state index contributed by atoms with van der Waals surface area (Å²) < 4.78 is 1.89. The molecular weight excluding hydrogens is 314 g/mol. The summed E-state index contributed by atoms with van der Waals surface area (Å²) in [6.45, 7) is 11.8. The summed E-state index contributed by atoms with van der Waals surface area (Å²) in [4.78, 5) is 0. The highest BCUT2D eigenvalue weighted by molar-refractivity contribution is 7.96. The molecule has 3 rings (SSSR count). The molecule has 0 fully saturated rings. The zero-order chi connectivity index (χ0) is 17.4. The molecule has 1 atom stereocenters. The van der Waals surface area contributed by atoms with Crippen molar-refractivity contribution in [3.05, 3.63) is 53.9 Å². The first kappa shape index (κ1) is 17.3. The van der Waals surface area contributed by atoms with Gasteiger partial charge in [0.05, 0.1) is 11.9 Å². The van der Waals surface area contributed by atoms with E-state index in [1.807, 2.05) is 22.9 Å². The van der Waals surface area contributed by atoms with E-state index in [2.05, 4.69) is 69.3 Å². The molecule has 4 heteroatoms. The van der Waals surface area contributed by atoms with Gasteiger partial charge in [0.2, 0.25) is 0 Å². The minimum absolute atomic E-state index is 0.260. The molecule has 0 amide bonds. The van der Waals surface area contributed by atoms with E-state index in [0.29, 0.717) is 10.9 Å². The Hall–Kier alpha value is -1.55. The predicted molar refractivity (Wildman–Crippen MR) is 103 cm³/mol. The zero-order valence-corrected chi connectivity index (χ0v) is 16.2. The summed E-state index contributed by atoms with van der Waals surface area (Å²) >= 11 is 0. The average molecular weight is 343 g/mol. The molecule has 3 nitrogen and oxygen atoms in total. The fourth-order valence-electron chi connectivity index (χ4n) is 3.41. The number of hydrogen-bond acceptors (Lipinski definition) is 2. The summed E-state index contributed by atoms with van der Waals surface area (Å²) in [6.07, 6.45) is 4.58. The van der Waals surface area contributed by atoms with Gasteiger partial charge in [0.15, 0.2) is 5.75 Å². The van der Waals surface area contributed by atoms with E-state index in [1.54, 1.807) is 0 Å². The van der Waals surface area contributed by atoms with Gasteiger partial charge in [0.25, 0.3) is 0 Å². The maximum absolute atomic E-state index is 4.43. The van der Waals surface area contributed by atoms with Crippen LogP contribution in [0.3, 0.4) is 0 Å². The topological polar surface area (TPSA) is 30.7 Å². The highest BCUT2D eigenvalue weighted by atomic mass is 32.2. The summed E-state index contributed by atoms with van der Waals surface area (Å²) in [6, 6.07) is 10.2. The Kier molecular flexibility index (Phi) is 4.60. The Labute approximate surface area is 148 Å². The van der Waals surface area contributed by atoms with Crippen LogP contribution in [0.2, 0.25) is 0 Å². The highest BCUT2D eigenvalue weighted by Gasteiger charge is 2.40. The lowest BCUT2D eigenvalue weighted by Gasteiger charge is -2.22. The van der Waals surface area contributed by atoms with Gasteiger partial charge in [-0.3, -0.25) is 0 Å². The van der Waals surface area contributed by atoms with Crippen molar-refractivity contribution in [2.45, 2.75) is 40.4 Å². The number of aromatic nitrogens is 3. The number of nitrogens with zero attached hydrogens (tertiary/aromatic N) is 3. The smallest absolute Gasteiger partial charge is 0.153 e. The van der Waals surface area contributed by atoms with E-state index >= 15 is 0 Å². The van der Waals surface area contributed by atoms with Gasteiger partial charge in [0, 0.05) is 10.8 Å². The maximum Gasteiger partial charge on any atom is 0.153 e. The Balaban J connectivity index is 1.78. The number of rotatable bonds is 3. The van der Waals surface area contributed by atoms with Gasteiger partial charge in [0.1, 0.15) is 17.2 Å². The van der Waals surface area contributed by atoms with Gasteiger partial charge >= 0.3 is 0 Å². The molecule has 2 heterocycles. The van der Waals surface area contributed by atoms with Crippen molar-refractivity contribution in [1.29, 1.82) is 0 Å². The molecule has 0 bridgehead atoms. The third-order valence-corrected chi connectivity index (χ3v) is 7.72. The van der Waals surface area contributed by atoms with Crippen LogP contribution < -0.4 is 0 Å². The van der Waals surface area contributed by atoms with Crippen molar-refractivity contribution < 1.29 is 0 Å². The van der Waals surface area contributed by atoms with Crippen LogP contribution in [0.1, 0.15) is 40.3 Å². The normalized spacial score (nSPS) is 22.7. The minimum Gasteiger partial charge on any atom is -0.220 e. The van der Waals surface area contributed by atoms with Gasteiger partial charge in [-0.1, -0.05) is 62.8 Å². The third kappa shape index (κ3) is 3.92. The van der Waals surface area contributed by atoms with Crippen LogP contribution in [-0.2, 0) is 16.6 Å².